The van der Waals surface area contributed by atoms with Crippen LogP contribution in [0, 0.1) is 0 Å². The third kappa shape index (κ3) is 5.22. The van der Waals surface area contributed by atoms with Crippen molar-refractivity contribution in [3.05, 3.63) is 54.1 Å². The second-order valence-corrected chi connectivity index (χ2v) is 6.02. The lowest BCUT2D eigenvalue weighted by molar-refractivity contribution is -0.907. The van der Waals surface area contributed by atoms with E-state index in [2.05, 4.69) is 5.32 Å². The monoisotopic (exact) mass is 343 g/mol. The summed E-state index contributed by atoms with van der Waals surface area (Å²) in [5.74, 6) is 1.46. The summed E-state index contributed by atoms with van der Waals surface area (Å²) >= 11 is 0. The van der Waals surface area contributed by atoms with Crippen LogP contribution in [0.15, 0.2) is 48.5 Å². The van der Waals surface area contributed by atoms with Gasteiger partial charge in [0.25, 0.3) is 5.91 Å². The molecule has 0 aromatic heterocycles. The Morgan fingerprint density at radius 2 is 1.88 bits per heavy atom. The number of hydrogen-bond donors (Lipinski definition) is 2. The van der Waals surface area contributed by atoms with Crippen LogP contribution >= 0.6 is 0 Å². The summed E-state index contributed by atoms with van der Waals surface area (Å²) in [5.41, 5.74) is 1.91. The summed E-state index contributed by atoms with van der Waals surface area (Å²) in [5, 5.41) is 2.95. The van der Waals surface area contributed by atoms with Crippen molar-refractivity contribution < 1.29 is 19.2 Å². The van der Waals surface area contributed by atoms with Crippen molar-refractivity contribution in [3.8, 4) is 11.5 Å². The van der Waals surface area contributed by atoms with Gasteiger partial charge in [0.1, 0.15) is 6.54 Å². The highest BCUT2D eigenvalue weighted by atomic mass is 16.5. The molecule has 0 aliphatic carbocycles. The normalized spacial score (nSPS) is 13.0. The molecule has 0 bridgehead atoms. The summed E-state index contributed by atoms with van der Waals surface area (Å²) in [6, 6.07) is 15.2. The summed E-state index contributed by atoms with van der Waals surface area (Å²) in [7, 11) is 3.65. The van der Waals surface area contributed by atoms with E-state index in [1.807, 2.05) is 69.4 Å². The molecule has 0 aliphatic rings. The molecule has 2 aromatic carbocycles. The lowest BCUT2D eigenvalue weighted by Gasteiger charge is -2.21. The minimum absolute atomic E-state index is 0.00148. The van der Waals surface area contributed by atoms with Crippen molar-refractivity contribution >= 4 is 11.6 Å². The third-order valence-corrected chi connectivity index (χ3v) is 4.18. The molecule has 2 atom stereocenters. The molecular formula is C20H27N2O3+. The number of nitrogens with one attached hydrogen (secondary N) is 2. The number of para-hydroxylation sites is 1. The quantitative estimate of drug-likeness (QED) is 0.772. The van der Waals surface area contributed by atoms with Crippen LogP contribution in [0.3, 0.4) is 0 Å². The molecule has 2 rings (SSSR count). The van der Waals surface area contributed by atoms with Crippen LogP contribution < -0.4 is 19.7 Å². The fourth-order valence-electron chi connectivity index (χ4n) is 2.57. The fraction of sp³-hybridized carbons (Fsp3) is 0.350. The van der Waals surface area contributed by atoms with E-state index in [9.17, 15) is 4.79 Å². The van der Waals surface area contributed by atoms with Crippen LogP contribution in [0.25, 0.3) is 0 Å². The largest absolute Gasteiger partial charge is 0.493 e. The van der Waals surface area contributed by atoms with Crippen LogP contribution in [-0.4, -0.2) is 32.7 Å². The fourth-order valence-corrected chi connectivity index (χ4v) is 2.57. The topological polar surface area (TPSA) is 52.0 Å². The average molecular weight is 343 g/mol. The lowest BCUT2D eigenvalue weighted by Crippen LogP contribution is -3.12. The summed E-state index contributed by atoms with van der Waals surface area (Å²) < 4.78 is 10.9. The van der Waals surface area contributed by atoms with Gasteiger partial charge in [-0.1, -0.05) is 18.2 Å². The van der Waals surface area contributed by atoms with E-state index in [1.165, 1.54) is 0 Å². The van der Waals surface area contributed by atoms with Gasteiger partial charge in [0.05, 0.1) is 20.8 Å². The van der Waals surface area contributed by atoms with Crippen molar-refractivity contribution in [1.29, 1.82) is 0 Å². The van der Waals surface area contributed by atoms with Gasteiger partial charge in [-0.3, -0.25) is 4.79 Å². The van der Waals surface area contributed by atoms with Crippen molar-refractivity contribution in [2.75, 3.05) is 26.1 Å². The summed E-state index contributed by atoms with van der Waals surface area (Å²) in [6.07, 6.45) is 0. The standard InChI is InChI=1S/C20H26N2O3/c1-5-25-18-12-11-16(13-19(18)24-4)14-22(3)15(2)20(23)21-17-9-7-6-8-10-17/h6-13,15H,5,14H2,1-4H3,(H,21,23)/p+1/t15-/m1/s1. The summed E-state index contributed by atoms with van der Waals surface area (Å²) in [4.78, 5) is 13.5. The zero-order valence-corrected chi connectivity index (χ0v) is 15.3. The molecule has 0 radical (unpaired) electrons. The molecule has 2 N–H and O–H groups in total. The van der Waals surface area contributed by atoms with E-state index in [-0.39, 0.29) is 11.9 Å². The van der Waals surface area contributed by atoms with Crippen LogP contribution in [0.4, 0.5) is 5.69 Å². The number of benzene rings is 2. The van der Waals surface area contributed by atoms with E-state index in [0.29, 0.717) is 18.9 Å². The average Bonchev–Trinajstić information content (AvgIpc) is 2.63. The van der Waals surface area contributed by atoms with E-state index in [1.54, 1.807) is 7.11 Å². The maximum absolute atomic E-state index is 12.4. The Morgan fingerprint density at radius 3 is 2.52 bits per heavy atom. The van der Waals surface area contributed by atoms with E-state index >= 15 is 0 Å². The van der Waals surface area contributed by atoms with Gasteiger partial charge in [-0.2, -0.15) is 0 Å². The second kappa shape index (κ2) is 9.08. The molecule has 5 heteroatoms. The second-order valence-electron chi connectivity index (χ2n) is 6.02. The Labute approximate surface area is 149 Å². The van der Waals surface area contributed by atoms with Crippen LogP contribution in [0.2, 0.25) is 0 Å². The number of likely N-dealkylation sites (N-methyl/N-ethyl adjacent to an activating group) is 1. The zero-order valence-electron chi connectivity index (χ0n) is 15.3. The Bertz CT molecular complexity index is 689. The number of ether oxygens (including phenoxy) is 2. The Hall–Kier alpha value is -2.53. The van der Waals surface area contributed by atoms with Gasteiger partial charge >= 0.3 is 0 Å². The number of anilines is 1. The zero-order chi connectivity index (χ0) is 18.2. The maximum Gasteiger partial charge on any atom is 0.282 e. The smallest absolute Gasteiger partial charge is 0.282 e. The lowest BCUT2D eigenvalue weighted by atomic mass is 10.1. The first-order chi connectivity index (χ1) is 12.0. The predicted molar refractivity (Wildman–Crippen MR) is 99.3 cm³/mol. The number of hydrogen-bond acceptors (Lipinski definition) is 3. The van der Waals surface area contributed by atoms with Crippen molar-refractivity contribution in [1.82, 2.24) is 0 Å². The molecule has 0 heterocycles. The molecule has 1 amide bonds. The number of methoxy groups -OCH3 is 1. The Balaban J connectivity index is 2.00. The highest BCUT2D eigenvalue weighted by Gasteiger charge is 2.22. The molecule has 0 aliphatic heterocycles. The Morgan fingerprint density at radius 1 is 1.16 bits per heavy atom. The van der Waals surface area contributed by atoms with Gasteiger partial charge in [0.2, 0.25) is 0 Å². The van der Waals surface area contributed by atoms with Crippen molar-refractivity contribution in [2.24, 2.45) is 0 Å². The number of quaternary nitrogens is 1. The highest BCUT2D eigenvalue weighted by molar-refractivity contribution is 5.93. The van der Waals surface area contributed by atoms with Gasteiger partial charge in [-0.05, 0) is 44.2 Å². The van der Waals surface area contributed by atoms with Crippen molar-refractivity contribution in [2.45, 2.75) is 26.4 Å². The van der Waals surface area contributed by atoms with E-state index in [4.69, 9.17) is 9.47 Å². The van der Waals surface area contributed by atoms with Crippen LogP contribution in [-0.2, 0) is 11.3 Å². The molecule has 0 fully saturated rings. The van der Waals surface area contributed by atoms with Gasteiger partial charge in [-0.25, -0.2) is 0 Å². The molecule has 2 aromatic rings. The molecular weight excluding hydrogens is 316 g/mol. The minimum Gasteiger partial charge on any atom is -0.493 e. The maximum atomic E-state index is 12.4. The van der Waals surface area contributed by atoms with E-state index in [0.717, 1.165) is 21.9 Å². The van der Waals surface area contributed by atoms with Gasteiger partial charge in [0.15, 0.2) is 17.5 Å². The first-order valence-electron chi connectivity index (χ1n) is 8.53. The van der Waals surface area contributed by atoms with Crippen LogP contribution in [0.1, 0.15) is 19.4 Å². The predicted octanol–water partition coefficient (Wildman–Crippen LogP) is 2.14. The minimum atomic E-state index is -0.183. The molecule has 0 saturated carbocycles. The van der Waals surface area contributed by atoms with Crippen LogP contribution in [0.5, 0.6) is 11.5 Å². The van der Waals surface area contributed by atoms with Gasteiger partial charge in [0, 0.05) is 11.3 Å². The molecule has 5 nitrogen and oxygen atoms in total. The number of rotatable bonds is 8. The first kappa shape index (κ1) is 18.8. The molecule has 0 saturated heterocycles. The number of carbonyl (C=O) groups is 1. The molecule has 0 spiro atoms. The molecule has 134 valence electrons. The van der Waals surface area contributed by atoms with Gasteiger partial charge in [-0.15, -0.1) is 0 Å². The first-order valence-corrected chi connectivity index (χ1v) is 8.53. The third-order valence-electron chi connectivity index (χ3n) is 4.18. The molecule has 25 heavy (non-hydrogen) atoms. The molecule has 1 unspecified atom stereocenters. The highest BCUT2D eigenvalue weighted by Crippen LogP contribution is 2.27. The number of carbonyl (C=O) groups excluding carboxylic acids is 1. The van der Waals surface area contributed by atoms with Gasteiger partial charge < -0.3 is 19.7 Å². The Kier molecular flexibility index (Phi) is 6.83. The SMILES string of the molecule is CCOc1ccc(C[NH+](C)[C@H](C)C(=O)Nc2ccccc2)cc1OC. The van der Waals surface area contributed by atoms with E-state index < -0.39 is 0 Å². The number of amides is 1. The van der Waals surface area contributed by atoms with Crippen molar-refractivity contribution in [3.63, 3.8) is 0 Å². The summed E-state index contributed by atoms with van der Waals surface area (Å²) in [6.45, 7) is 5.18.